The maximum Gasteiger partial charge on any atom is 0.460 e. The van der Waals surface area contributed by atoms with E-state index >= 15 is 0 Å². The third kappa shape index (κ3) is 9.99. The molecule has 0 saturated carbocycles. The van der Waals surface area contributed by atoms with E-state index in [0.29, 0.717) is 6.92 Å². The predicted molar refractivity (Wildman–Crippen MR) is 155 cm³/mol. The van der Waals surface area contributed by atoms with Gasteiger partial charge < -0.3 is 9.47 Å². The first kappa shape index (κ1) is 62.8. The molecule has 0 heterocycles. The van der Waals surface area contributed by atoms with Crippen LogP contribution in [0.2, 0.25) is 0 Å². The third-order valence-corrected chi connectivity index (χ3v) is 9.31. The van der Waals surface area contributed by atoms with Gasteiger partial charge >= 0.3 is 95.3 Å². The minimum Gasteiger partial charge on any atom is -0.350 e. The summed E-state index contributed by atoms with van der Waals surface area (Å²) >= 11 is 0. The molecule has 0 aromatic heterocycles. The van der Waals surface area contributed by atoms with Crippen molar-refractivity contribution in [3.05, 3.63) is 35.9 Å². The van der Waals surface area contributed by atoms with Crippen molar-refractivity contribution in [2.75, 3.05) is 0 Å². The Morgan fingerprint density at radius 1 is 0.338 bits per heavy atom. The lowest BCUT2D eigenvalue weighted by Gasteiger charge is -2.43. The van der Waals surface area contributed by atoms with Crippen molar-refractivity contribution in [3.8, 4) is 0 Å². The second-order valence-corrected chi connectivity index (χ2v) is 14.3. The highest BCUT2D eigenvalue weighted by atomic mass is 19.4. The number of alkyl halides is 34. The molecule has 0 aliphatic carbocycles. The monoisotopic (exact) mass is 1090 g/mol. The normalized spacial score (nSPS) is 17.0. The van der Waals surface area contributed by atoms with Crippen LogP contribution in [0.4, 0.5) is 149 Å². The van der Waals surface area contributed by atoms with Crippen LogP contribution in [-0.2, 0) is 15.9 Å². The predicted octanol–water partition coefficient (Wildman–Crippen LogP) is 14.9. The first-order valence-electron chi connectivity index (χ1n) is 17.2. The van der Waals surface area contributed by atoms with Crippen LogP contribution in [0.3, 0.4) is 0 Å². The Kier molecular flexibility index (Phi) is 17.0. The number of rotatable bonds is 24. The van der Waals surface area contributed by atoms with Crippen LogP contribution in [0.1, 0.15) is 45.1 Å². The molecule has 1 rings (SSSR count). The number of ether oxygens (including phenoxy) is 2. The molecular weight excluding hydrogens is 1060 g/mol. The van der Waals surface area contributed by atoms with Crippen molar-refractivity contribution in [1.82, 2.24) is 0 Å². The summed E-state index contributed by atoms with van der Waals surface area (Å²) in [4.78, 5) is 0. The van der Waals surface area contributed by atoms with Gasteiger partial charge in [0.2, 0.25) is 0 Å². The molecule has 0 radical (unpaired) electrons. The van der Waals surface area contributed by atoms with Crippen LogP contribution in [0.5, 0.6) is 0 Å². The summed E-state index contributed by atoms with van der Waals surface area (Å²) in [5.41, 5.74) is 0.277. The van der Waals surface area contributed by atoms with E-state index in [1.54, 1.807) is 0 Å². The molecule has 68 heavy (non-hydrogen) atoms. The fourth-order valence-electron chi connectivity index (χ4n) is 5.30. The van der Waals surface area contributed by atoms with E-state index in [1.165, 1.54) is 30.3 Å². The summed E-state index contributed by atoms with van der Waals surface area (Å²) in [6.07, 6.45) is -36.5. The lowest BCUT2D eigenvalue weighted by Crippen LogP contribution is -2.74. The average molecular weight is 1090 g/mol. The highest BCUT2D eigenvalue weighted by Crippen LogP contribution is 2.66. The molecule has 0 bridgehead atoms. The molecular formula is C32H24F34O2. The number of benzene rings is 1. The summed E-state index contributed by atoms with van der Waals surface area (Å²) in [5.74, 6) is -121. The quantitative estimate of drug-likeness (QED) is 0.0759. The van der Waals surface area contributed by atoms with E-state index in [4.69, 9.17) is 4.74 Å². The van der Waals surface area contributed by atoms with Crippen molar-refractivity contribution in [2.24, 2.45) is 0 Å². The van der Waals surface area contributed by atoms with E-state index < -0.39 is 139 Å². The zero-order valence-corrected chi connectivity index (χ0v) is 32.3. The number of hydrogen-bond donors (Lipinski definition) is 0. The second kappa shape index (κ2) is 18.4. The van der Waals surface area contributed by atoms with Crippen molar-refractivity contribution >= 4 is 0 Å². The summed E-state index contributed by atoms with van der Waals surface area (Å²) in [6, 6.07) is 6.72. The Morgan fingerprint density at radius 2 is 0.588 bits per heavy atom. The van der Waals surface area contributed by atoms with E-state index in [1.807, 2.05) is 0 Å². The maximum absolute atomic E-state index is 14.7. The van der Waals surface area contributed by atoms with Gasteiger partial charge in [0.1, 0.15) is 0 Å². The van der Waals surface area contributed by atoms with Gasteiger partial charge in [0.05, 0.1) is 12.2 Å². The summed E-state index contributed by atoms with van der Waals surface area (Å²) in [6.45, 7) is 1.44. The van der Waals surface area contributed by atoms with Gasteiger partial charge in [-0.25, -0.2) is 0 Å². The van der Waals surface area contributed by atoms with Crippen molar-refractivity contribution in [2.45, 2.75) is 160 Å². The summed E-state index contributed by atoms with van der Waals surface area (Å²) < 4.78 is 475. The van der Waals surface area contributed by atoms with Gasteiger partial charge in [-0.15, -0.1) is 0 Å². The Bertz CT molecular complexity index is 1710. The van der Waals surface area contributed by atoms with Gasteiger partial charge in [0.25, 0.3) is 0 Å². The van der Waals surface area contributed by atoms with Gasteiger partial charge in [0, 0.05) is 12.8 Å². The molecule has 0 aliphatic heterocycles. The summed E-state index contributed by atoms with van der Waals surface area (Å²) in [5, 5.41) is 0. The summed E-state index contributed by atoms with van der Waals surface area (Å²) in [7, 11) is 0. The molecule has 36 heteroatoms. The Morgan fingerprint density at radius 3 is 0.853 bits per heavy atom. The van der Waals surface area contributed by atoms with Gasteiger partial charge in [-0.2, -0.15) is 149 Å². The molecule has 0 fully saturated rings. The van der Waals surface area contributed by atoms with Gasteiger partial charge in [-0.1, -0.05) is 30.3 Å². The smallest absolute Gasteiger partial charge is 0.350 e. The van der Waals surface area contributed by atoms with Crippen LogP contribution in [-0.4, -0.2) is 114 Å². The van der Waals surface area contributed by atoms with E-state index in [9.17, 15) is 149 Å². The first-order valence-corrected chi connectivity index (χ1v) is 17.2. The SMILES string of the molecule is CC(Cc1ccccc1)OC(C)OC(CCC(F)(F)C(F)(F)C(F)(F)C(F)(F)C(F)(F)C(F)(F)C(F)(F)C(F)(F)F)CCC(F)(F)C(F)(F)C(F)(F)C(F)(F)C(F)(F)C(F)(F)C(F)(F)C(F)(F)F. The Labute approximate surface area is 355 Å². The molecule has 1 aromatic rings. The first-order chi connectivity index (χ1) is 29.4. The lowest BCUT2D eigenvalue weighted by atomic mass is 9.86. The van der Waals surface area contributed by atoms with Gasteiger partial charge in [-0.05, 0) is 38.7 Å². The van der Waals surface area contributed by atoms with E-state index in [0.717, 1.165) is 6.92 Å². The maximum atomic E-state index is 14.7. The van der Waals surface area contributed by atoms with Crippen LogP contribution in [0, 0.1) is 0 Å². The highest BCUT2D eigenvalue weighted by Gasteiger charge is 2.97. The Balaban J connectivity index is 3.79. The van der Waals surface area contributed by atoms with Gasteiger partial charge in [0.15, 0.2) is 6.29 Å². The molecule has 0 aliphatic rings. The van der Waals surface area contributed by atoms with Crippen molar-refractivity contribution < 1.29 is 159 Å². The average Bonchev–Trinajstić information content (AvgIpc) is 3.14. The minimum atomic E-state index is -9.15. The van der Waals surface area contributed by atoms with E-state index in [-0.39, 0.29) is 12.0 Å². The number of halogens is 34. The van der Waals surface area contributed by atoms with Crippen LogP contribution in [0.15, 0.2) is 30.3 Å². The standard InChI is InChI=1S/C32H24F34O2/c1-13(12-15-6-4-3-5-7-15)67-14(2)68-16(8-10-17(33,34)19(37,38)21(41,42)23(45,46)25(49,50)27(53,54)29(57,58)31(61,62)63)9-11-18(35,36)20(39,40)22(43,44)24(47,48)26(51,52)28(55,56)30(59,60)32(64,65)66/h3-7,13-14,16H,8-12H2,1-2H3. The topological polar surface area (TPSA) is 18.5 Å². The van der Waals surface area contributed by atoms with Crippen LogP contribution in [0.25, 0.3) is 0 Å². The molecule has 2 unspecified atom stereocenters. The molecule has 402 valence electrons. The molecule has 0 N–H and O–H groups in total. The van der Waals surface area contributed by atoms with Gasteiger partial charge in [-0.3, -0.25) is 0 Å². The van der Waals surface area contributed by atoms with Crippen LogP contribution < -0.4 is 0 Å². The molecule has 1 aromatic carbocycles. The van der Waals surface area contributed by atoms with Crippen LogP contribution >= 0.6 is 0 Å². The second-order valence-electron chi connectivity index (χ2n) is 14.3. The highest BCUT2D eigenvalue weighted by molar-refractivity contribution is 5.17. The minimum absolute atomic E-state index is 0.277. The fraction of sp³-hybridized carbons (Fsp3) is 0.812. The van der Waals surface area contributed by atoms with Crippen molar-refractivity contribution in [3.63, 3.8) is 0 Å². The van der Waals surface area contributed by atoms with E-state index in [2.05, 4.69) is 4.74 Å². The van der Waals surface area contributed by atoms with Crippen molar-refractivity contribution in [1.29, 1.82) is 0 Å². The number of hydrogen-bond acceptors (Lipinski definition) is 2. The largest absolute Gasteiger partial charge is 0.460 e. The fourth-order valence-corrected chi connectivity index (χ4v) is 5.30. The zero-order valence-electron chi connectivity index (χ0n) is 32.3. The Hall–Kier alpha value is -3.24. The molecule has 0 saturated heterocycles. The zero-order chi connectivity index (χ0) is 54.8. The molecule has 2 atom stereocenters. The third-order valence-electron chi connectivity index (χ3n) is 9.31. The molecule has 0 amide bonds. The lowest BCUT2D eigenvalue weighted by molar-refractivity contribution is -0.462. The molecule has 2 nitrogen and oxygen atoms in total. The molecule has 0 spiro atoms.